The summed E-state index contributed by atoms with van der Waals surface area (Å²) in [6.45, 7) is 4.07. The number of allylic oxidation sites excluding steroid dienone is 3. The van der Waals surface area contributed by atoms with E-state index >= 15 is 0 Å². The molecule has 0 aliphatic rings. The first-order valence-corrected chi connectivity index (χ1v) is 7.20. The molecule has 2 heteroatoms. The Labute approximate surface area is 112 Å². The molecule has 0 aliphatic carbocycles. The van der Waals surface area contributed by atoms with Gasteiger partial charge in [-0.25, -0.2) is 0 Å². The fourth-order valence-corrected chi connectivity index (χ4v) is 1.61. The van der Waals surface area contributed by atoms with Crippen LogP contribution >= 0.6 is 0 Å². The van der Waals surface area contributed by atoms with Crippen LogP contribution in [0.15, 0.2) is 24.3 Å². The van der Waals surface area contributed by atoms with Crippen LogP contribution in [0.2, 0.25) is 0 Å². The number of unbranched alkanes of at least 4 members (excludes halogenated alkanes) is 6. The summed E-state index contributed by atoms with van der Waals surface area (Å²) < 4.78 is 4.80. The van der Waals surface area contributed by atoms with Crippen LogP contribution in [0.25, 0.3) is 0 Å². The second-order valence-electron chi connectivity index (χ2n) is 4.53. The van der Waals surface area contributed by atoms with Gasteiger partial charge in [-0.3, -0.25) is 4.79 Å². The Morgan fingerprint density at radius 1 is 0.889 bits per heavy atom. The molecule has 0 radical (unpaired) electrons. The molecular weight excluding hydrogens is 224 g/mol. The Kier molecular flexibility index (Phi) is 13.2. The summed E-state index contributed by atoms with van der Waals surface area (Å²) in [6.07, 6.45) is 18.5. The van der Waals surface area contributed by atoms with Crippen molar-refractivity contribution >= 4 is 5.97 Å². The number of carbonyl (C=O) groups excluding carboxylic acids is 1. The van der Waals surface area contributed by atoms with Gasteiger partial charge < -0.3 is 4.74 Å². The summed E-state index contributed by atoms with van der Waals surface area (Å²) in [5.74, 6) is -0.213. The van der Waals surface area contributed by atoms with E-state index in [0.717, 1.165) is 6.42 Å². The van der Waals surface area contributed by atoms with Gasteiger partial charge in [-0.2, -0.15) is 0 Å². The highest BCUT2D eigenvalue weighted by Gasteiger charge is 1.88. The third-order valence-electron chi connectivity index (χ3n) is 2.68. The van der Waals surface area contributed by atoms with Gasteiger partial charge in [0.2, 0.25) is 0 Å². The van der Waals surface area contributed by atoms with Crippen LogP contribution in [0.4, 0.5) is 0 Å². The van der Waals surface area contributed by atoms with Crippen molar-refractivity contribution in [1.29, 1.82) is 0 Å². The molecule has 18 heavy (non-hydrogen) atoms. The SMILES string of the molecule is CCCC/C=C/CCCCC/C=C\COC(C)=O. The summed E-state index contributed by atoms with van der Waals surface area (Å²) in [4.78, 5) is 10.5. The van der Waals surface area contributed by atoms with Crippen LogP contribution < -0.4 is 0 Å². The summed E-state index contributed by atoms with van der Waals surface area (Å²) in [6, 6.07) is 0. The Balaban J connectivity index is 3.15. The Morgan fingerprint density at radius 3 is 2.00 bits per heavy atom. The van der Waals surface area contributed by atoms with Gasteiger partial charge in [-0.15, -0.1) is 0 Å². The van der Waals surface area contributed by atoms with Crippen LogP contribution in [0.3, 0.4) is 0 Å². The zero-order valence-corrected chi connectivity index (χ0v) is 12.0. The average Bonchev–Trinajstić information content (AvgIpc) is 2.34. The zero-order valence-electron chi connectivity index (χ0n) is 12.0. The quantitative estimate of drug-likeness (QED) is 0.300. The first-order valence-electron chi connectivity index (χ1n) is 7.20. The average molecular weight is 252 g/mol. The number of hydrogen-bond donors (Lipinski definition) is 0. The minimum Gasteiger partial charge on any atom is -0.462 e. The molecule has 0 spiro atoms. The van der Waals surface area contributed by atoms with E-state index in [1.807, 2.05) is 6.08 Å². The molecule has 0 amide bonds. The summed E-state index contributed by atoms with van der Waals surface area (Å²) in [7, 11) is 0. The van der Waals surface area contributed by atoms with E-state index in [-0.39, 0.29) is 5.97 Å². The van der Waals surface area contributed by atoms with Gasteiger partial charge in [0.25, 0.3) is 0 Å². The normalized spacial score (nSPS) is 11.4. The number of rotatable bonds is 11. The van der Waals surface area contributed by atoms with E-state index in [1.165, 1.54) is 51.9 Å². The summed E-state index contributed by atoms with van der Waals surface area (Å²) >= 11 is 0. The fourth-order valence-electron chi connectivity index (χ4n) is 1.61. The first kappa shape index (κ1) is 16.9. The van der Waals surface area contributed by atoms with E-state index in [2.05, 4.69) is 25.2 Å². The third-order valence-corrected chi connectivity index (χ3v) is 2.68. The molecule has 0 aromatic rings. The van der Waals surface area contributed by atoms with Gasteiger partial charge >= 0.3 is 5.97 Å². The molecule has 0 aromatic carbocycles. The molecule has 0 unspecified atom stereocenters. The minimum absolute atomic E-state index is 0.213. The van der Waals surface area contributed by atoms with E-state index in [1.54, 1.807) is 0 Å². The maximum Gasteiger partial charge on any atom is 0.302 e. The highest BCUT2D eigenvalue weighted by molar-refractivity contribution is 5.65. The van der Waals surface area contributed by atoms with Gasteiger partial charge in [0.05, 0.1) is 0 Å². The van der Waals surface area contributed by atoms with E-state index in [9.17, 15) is 4.79 Å². The topological polar surface area (TPSA) is 26.3 Å². The molecule has 0 bridgehead atoms. The Morgan fingerprint density at radius 2 is 1.44 bits per heavy atom. The first-order chi connectivity index (χ1) is 8.77. The Bertz CT molecular complexity index is 241. The molecule has 0 fully saturated rings. The lowest BCUT2D eigenvalue weighted by Crippen LogP contribution is -1.97. The molecule has 2 nitrogen and oxygen atoms in total. The molecule has 0 saturated heterocycles. The maximum atomic E-state index is 10.5. The smallest absolute Gasteiger partial charge is 0.302 e. The molecule has 0 aromatic heterocycles. The molecule has 0 rings (SSSR count). The van der Waals surface area contributed by atoms with E-state index < -0.39 is 0 Å². The molecule has 0 aliphatic heterocycles. The zero-order chi connectivity index (χ0) is 13.5. The van der Waals surface area contributed by atoms with Crippen LogP contribution in [0.1, 0.15) is 65.2 Å². The number of ether oxygens (including phenoxy) is 1. The molecule has 0 saturated carbocycles. The number of esters is 1. The number of carbonyl (C=O) groups is 1. The lowest BCUT2D eigenvalue weighted by molar-refractivity contribution is -0.139. The highest BCUT2D eigenvalue weighted by atomic mass is 16.5. The predicted octanol–water partition coefficient (Wildman–Crippen LogP) is 4.80. The summed E-state index contributed by atoms with van der Waals surface area (Å²) in [5, 5.41) is 0. The second kappa shape index (κ2) is 14.0. The van der Waals surface area contributed by atoms with Crippen molar-refractivity contribution in [3.05, 3.63) is 24.3 Å². The second-order valence-corrected chi connectivity index (χ2v) is 4.53. The van der Waals surface area contributed by atoms with Gasteiger partial charge in [0, 0.05) is 6.92 Å². The molecule has 0 heterocycles. The lowest BCUT2D eigenvalue weighted by atomic mass is 10.1. The van der Waals surface area contributed by atoms with E-state index in [0.29, 0.717) is 6.61 Å². The van der Waals surface area contributed by atoms with Crippen molar-refractivity contribution in [2.24, 2.45) is 0 Å². The van der Waals surface area contributed by atoms with Crippen LogP contribution in [0, 0.1) is 0 Å². The van der Waals surface area contributed by atoms with Crippen LogP contribution in [-0.2, 0) is 9.53 Å². The summed E-state index contributed by atoms with van der Waals surface area (Å²) in [5.41, 5.74) is 0. The molecule has 0 N–H and O–H groups in total. The lowest BCUT2D eigenvalue weighted by Gasteiger charge is -1.96. The molecular formula is C16H28O2. The monoisotopic (exact) mass is 252 g/mol. The van der Waals surface area contributed by atoms with Crippen molar-refractivity contribution in [2.45, 2.75) is 65.2 Å². The predicted molar refractivity (Wildman–Crippen MR) is 77.5 cm³/mol. The van der Waals surface area contributed by atoms with Crippen molar-refractivity contribution in [3.63, 3.8) is 0 Å². The number of hydrogen-bond acceptors (Lipinski definition) is 2. The van der Waals surface area contributed by atoms with Crippen LogP contribution in [-0.4, -0.2) is 12.6 Å². The third kappa shape index (κ3) is 14.9. The van der Waals surface area contributed by atoms with Crippen molar-refractivity contribution in [2.75, 3.05) is 6.61 Å². The maximum absolute atomic E-state index is 10.5. The van der Waals surface area contributed by atoms with Crippen molar-refractivity contribution in [3.8, 4) is 0 Å². The Hall–Kier alpha value is -1.05. The van der Waals surface area contributed by atoms with Crippen molar-refractivity contribution in [1.82, 2.24) is 0 Å². The van der Waals surface area contributed by atoms with Gasteiger partial charge in [0.1, 0.15) is 6.61 Å². The van der Waals surface area contributed by atoms with E-state index in [4.69, 9.17) is 4.74 Å². The standard InChI is InChI=1S/C16H28O2/c1-3-4-5-6-7-8-9-10-11-12-13-14-15-18-16(2)17/h6-7,13-14H,3-5,8-12,15H2,1-2H3/b7-6+,14-13-. The van der Waals surface area contributed by atoms with Crippen molar-refractivity contribution < 1.29 is 9.53 Å². The highest BCUT2D eigenvalue weighted by Crippen LogP contribution is 2.05. The molecule has 104 valence electrons. The van der Waals surface area contributed by atoms with Gasteiger partial charge in [-0.1, -0.05) is 50.5 Å². The van der Waals surface area contributed by atoms with Gasteiger partial charge in [0.15, 0.2) is 0 Å². The minimum atomic E-state index is -0.213. The molecule has 0 atom stereocenters. The fraction of sp³-hybridized carbons (Fsp3) is 0.688. The largest absolute Gasteiger partial charge is 0.462 e. The van der Waals surface area contributed by atoms with Gasteiger partial charge in [-0.05, 0) is 32.1 Å². The van der Waals surface area contributed by atoms with Crippen LogP contribution in [0.5, 0.6) is 0 Å².